The Labute approximate surface area is 108 Å². The zero-order valence-corrected chi connectivity index (χ0v) is 10.2. The number of amides is 2. The van der Waals surface area contributed by atoms with Crippen molar-refractivity contribution in [2.45, 2.75) is 18.9 Å². The van der Waals surface area contributed by atoms with E-state index in [1.807, 2.05) is 0 Å². The fourth-order valence-corrected chi connectivity index (χ4v) is 1.89. The summed E-state index contributed by atoms with van der Waals surface area (Å²) in [7, 11) is 1.40. The number of likely N-dealkylation sites (tertiary alicyclic amines) is 1. The summed E-state index contributed by atoms with van der Waals surface area (Å²) in [6.45, 7) is 0. The average molecular weight is 264 g/mol. The fourth-order valence-electron chi connectivity index (χ4n) is 1.89. The maximum Gasteiger partial charge on any atom is 0.386 e. The molecule has 1 fully saturated rings. The number of likely N-dealkylation sites (N-methyl/N-ethyl adjacent to an activating group) is 1. The summed E-state index contributed by atoms with van der Waals surface area (Å²) < 4.78 is 0. The van der Waals surface area contributed by atoms with E-state index in [9.17, 15) is 19.7 Å². The van der Waals surface area contributed by atoms with Crippen LogP contribution in [0, 0.1) is 10.1 Å². The Morgan fingerprint density at radius 3 is 2.95 bits per heavy atom. The molecular weight excluding hydrogens is 252 g/mol. The Kier molecular flexibility index (Phi) is 3.41. The molecule has 0 spiro atoms. The van der Waals surface area contributed by atoms with Crippen LogP contribution in [0.15, 0.2) is 18.3 Å². The summed E-state index contributed by atoms with van der Waals surface area (Å²) in [6.07, 6.45) is 1.85. The van der Waals surface area contributed by atoms with E-state index in [1.165, 1.54) is 25.4 Å². The molecule has 0 radical (unpaired) electrons. The zero-order valence-electron chi connectivity index (χ0n) is 10.2. The van der Waals surface area contributed by atoms with Crippen LogP contribution in [0.2, 0.25) is 0 Å². The third-order valence-electron chi connectivity index (χ3n) is 2.94. The van der Waals surface area contributed by atoms with Gasteiger partial charge in [0.15, 0.2) is 0 Å². The first-order chi connectivity index (χ1) is 9.00. The lowest BCUT2D eigenvalue weighted by molar-refractivity contribution is -0.388. The maximum absolute atomic E-state index is 11.9. The van der Waals surface area contributed by atoms with Crippen molar-refractivity contribution in [3.63, 3.8) is 0 Å². The van der Waals surface area contributed by atoms with E-state index < -0.39 is 16.9 Å². The molecule has 2 amide bonds. The van der Waals surface area contributed by atoms with Crippen molar-refractivity contribution in [2.24, 2.45) is 0 Å². The number of nitro groups is 1. The Balaban J connectivity index is 2.20. The van der Waals surface area contributed by atoms with Crippen molar-refractivity contribution >= 4 is 23.3 Å². The van der Waals surface area contributed by atoms with Gasteiger partial charge in [0.25, 0.3) is 5.91 Å². The van der Waals surface area contributed by atoms with E-state index in [2.05, 4.69) is 10.3 Å². The highest BCUT2D eigenvalue weighted by atomic mass is 16.6. The molecule has 100 valence electrons. The molecule has 0 aromatic carbocycles. The molecule has 2 heterocycles. The first-order valence-corrected chi connectivity index (χ1v) is 5.67. The number of rotatable bonds is 3. The van der Waals surface area contributed by atoms with Gasteiger partial charge < -0.3 is 15.4 Å². The minimum Gasteiger partial charge on any atom is -0.367 e. The molecule has 1 N–H and O–H groups in total. The van der Waals surface area contributed by atoms with E-state index >= 15 is 0 Å². The van der Waals surface area contributed by atoms with E-state index in [1.54, 1.807) is 0 Å². The van der Waals surface area contributed by atoms with Gasteiger partial charge in [-0.1, -0.05) is 0 Å². The van der Waals surface area contributed by atoms with Crippen molar-refractivity contribution in [3.05, 3.63) is 28.4 Å². The van der Waals surface area contributed by atoms with Gasteiger partial charge in [-0.15, -0.1) is 0 Å². The number of nitrogens with one attached hydrogen (secondary N) is 1. The minimum absolute atomic E-state index is 0.175. The molecule has 2 rings (SSSR count). The summed E-state index contributed by atoms with van der Waals surface area (Å²) in [5, 5.41) is 13.6. The molecule has 0 bridgehead atoms. The third kappa shape index (κ3) is 2.51. The van der Waals surface area contributed by atoms with E-state index in [4.69, 9.17) is 0 Å². The van der Waals surface area contributed by atoms with Crippen LogP contribution < -0.4 is 5.32 Å². The first kappa shape index (κ1) is 12.9. The van der Waals surface area contributed by atoms with Crippen molar-refractivity contribution < 1.29 is 14.5 Å². The Morgan fingerprint density at radius 1 is 1.53 bits per heavy atom. The lowest BCUT2D eigenvalue weighted by Gasteiger charge is -2.28. The number of anilines is 1. The van der Waals surface area contributed by atoms with Gasteiger partial charge in [-0.3, -0.25) is 14.5 Å². The van der Waals surface area contributed by atoms with Crippen molar-refractivity contribution in [1.82, 2.24) is 9.88 Å². The fraction of sp³-hybridized carbons (Fsp3) is 0.364. The average Bonchev–Trinajstić information content (AvgIpc) is 2.40. The Bertz CT molecular complexity index is 545. The van der Waals surface area contributed by atoms with Gasteiger partial charge in [0, 0.05) is 13.5 Å². The van der Waals surface area contributed by atoms with Gasteiger partial charge in [0.1, 0.15) is 17.9 Å². The van der Waals surface area contributed by atoms with Gasteiger partial charge in [-0.2, -0.15) is 0 Å². The molecular formula is C11H12N4O4. The number of carbonyl (C=O) groups excluding carboxylic acids is 2. The standard InChI is InChI=1S/C11H12N4O4/c1-14-9(16)5-4-8(11(14)17)13-7-3-2-6-12-10(7)15(18)19/h2-3,6,8,13H,4-5H2,1H3. The van der Waals surface area contributed by atoms with Gasteiger partial charge in [0.2, 0.25) is 5.91 Å². The molecule has 19 heavy (non-hydrogen) atoms. The number of hydrogen-bond donors (Lipinski definition) is 1. The van der Waals surface area contributed by atoms with Crippen LogP contribution in [0.5, 0.6) is 0 Å². The minimum atomic E-state index is -0.648. The number of hydrogen-bond acceptors (Lipinski definition) is 6. The Morgan fingerprint density at radius 2 is 2.26 bits per heavy atom. The zero-order chi connectivity index (χ0) is 14.0. The smallest absolute Gasteiger partial charge is 0.367 e. The number of aromatic nitrogens is 1. The van der Waals surface area contributed by atoms with Crippen LogP contribution in [-0.2, 0) is 9.59 Å². The molecule has 8 nitrogen and oxygen atoms in total. The van der Waals surface area contributed by atoms with Gasteiger partial charge in [0.05, 0.1) is 0 Å². The van der Waals surface area contributed by atoms with Gasteiger partial charge in [-0.05, 0) is 28.5 Å². The SMILES string of the molecule is CN1C(=O)CCC(Nc2cccnc2[N+](=O)[O-])C1=O. The third-order valence-corrected chi connectivity index (χ3v) is 2.94. The van der Waals surface area contributed by atoms with Crippen LogP contribution in [0.3, 0.4) is 0 Å². The summed E-state index contributed by atoms with van der Waals surface area (Å²) in [5.74, 6) is -0.979. The van der Waals surface area contributed by atoms with E-state index in [0.29, 0.717) is 6.42 Å². The Hall–Kier alpha value is -2.51. The summed E-state index contributed by atoms with van der Waals surface area (Å²) in [6, 6.07) is 2.37. The van der Waals surface area contributed by atoms with Crippen LogP contribution in [0.25, 0.3) is 0 Å². The number of pyridine rings is 1. The number of piperidine rings is 1. The normalized spacial score (nSPS) is 19.4. The van der Waals surface area contributed by atoms with Crippen LogP contribution in [0.4, 0.5) is 11.5 Å². The predicted octanol–water partition coefficient (Wildman–Crippen LogP) is 0.549. The molecule has 1 unspecified atom stereocenters. The van der Waals surface area contributed by atoms with Crippen LogP contribution in [-0.4, -0.2) is 39.7 Å². The molecule has 0 saturated carbocycles. The highest BCUT2D eigenvalue weighted by Crippen LogP contribution is 2.23. The second-order valence-electron chi connectivity index (χ2n) is 4.16. The second-order valence-corrected chi connectivity index (χ2v) is 4.16. The van der Waals surface area contributed by atoms with Crippen LogP contribution in [0.1, 0.15) is 12.8 Å². The lowest BCUT2D eigenvalue weighted by atomic mass is 10.0. The molecule has 1 saturated heterocycles. The molecule has 8 heteroatoms. The lowest BCUT2D eigenvalue weighted by Crippen LogP contribution is -2.48. The van der Waals surface area contributed by atoms with Crippen LogP contribution >= 0.6 is 0 Å². The van der Waals surface area contributed by atoms with E-state index in [0.717, 1.165) is 4.90 Å². The maximum atomic E-state index is 11.9. The monoisotopic (exact) mass is 264 g/mol. The highest BCUT2D eigenvalue weighted by Gasteiger charge is 2.32. The molecule has 0 aliphatic carbocycles. The topological polar surface area (TPSA) is 105 Å². The number of imide groups is 1. The quantitative estimate of drug-likeness (QED) is 0.485. The number of carbonyl (C=O) groups is 2. The largest absolute Gasteiger partial charge is 0.386 e. The van der Waals surface area contributed by atoms with E-state index in [-0.39, 0.29) is 23.8 Å². The second kappa shape index (κ2) is 5.01. The van der Waals surface area contributed by atoms with Crippen molar-refractivity contribution in [3.8, 4) is 0 Å². The van der Waals surface area contributed by atoms with Gasteiger partial charge >= 0.3 is 5.82 Å². The first-order valence-electron chi connectivity index (χ1n) is 5.67. The number of nitrogens with zero attached hydrogens (tertiary/aromatic N) is 3. The molecule has 1 atom stereocenters. The summed E-state index contributed by atoms with van der Waals surface area (Å²) in [4.78, 5) is 38.1. The van der Waals surface area contributed by atoms with Gasteiger partial charge in [-0.25, -0.2) is 0 Å². The molecule has 1 aromatic rings. The summed E-state index contributed by atoms with van der Waals surface area (Å²) >= 11 is 0. The van der Waals surface area contributed by atoms with Crippen molar-refractivity contribution in [1.29, 1.82) is 0 Å². The summed E-state index contributed by atoms with van der Waals surface area (Å²) in [5.41, 5.74) is 0.175. The molecule has 1 aromatic heterocycles. The molecule has 1 aliphatic rings. The predicted molar refractivity (Wildman–Crippen MR) is 65.3 cm³/mol. The van der Waals surface area contributed by atoms with Crippen molar-refractivity contribution in [2.75, 3.05) is 12.4 Å². The molecule has 1 aliphatic heterocycles. The highest BCUT2D eigenvalue weighted by molar-refractivity contribution is 6.01.